The van der Waals surface area contributed by atoms with Crippen LogP contribution in [0, 0.1) is 11.3 Å². The number of hydrogen-bond donors (Lipinski definition) is 2. The summed E-state index contributed by atoms with van der Waals surface area (Å²) in [6.45, 7) is 6.95. The molecule has 2 amide bonds. The summed E-state index contributed by atoms with van der Waals surface area (Å²) in [6.07, 6.45) is 7.71. The standard InChI is InChI=1S/C21H29N5O2S/c1-21(2,3)20(28)26-10-6-7-13(11-26)18(27)25-24-17-16-14-8-4-5-9-15(14)29-19(16)23-12-22-17/h12-13H,4-11H2,1-3H3,(H,25,27)(H,22,23,24). The van der Waals surface area contributed by atoms with Crippen LogP contribution in [0.4, 0.5) is 5.82 Å². The van der Waals surface area contributed by atoms with Crippen LogP contribution in [0.5, 0.6) is 0 Å². The molecule has 7 nitrogen and oxygen atoms in total. The van der Waals surface area contributed by atoms with Gasteiger partial charge in [0.1, 0.15) is 11.2 Å². The van der Waals surface area contributed by atoms with E-state index >= 15 is 0 Å². The molecule has 3 heterocycles. The second-order valence-electron chi connectivity index (χ2n) is 9.07. The summed E-state index contributed by atoms with van der Waals surface area (Å²) in [5, 5.41) is 1.04. The maximum Gasteiger partial charge on any atom is 0.243 e. The second kappa shape index (κ2) is 7.89. The van der Waals surface area contributed by atoms with Crippen molar-refractivity contribution in [3.8, 4) is 0 Å². The topological polar surface area (TPSA) is 87.2 Å². The molecule has 4 rings (SSSR count). The molecule has 1 saturated heterocycles. The number of likely N-dealkylation sites (tertiary alicyclic amines) is 1. The summed E-state index contributed by atoms with van der Waals surface area (Å²) < 4.78 is 0. The Morgan fingerprint density at radius 2 is 1.97 bits per heavy atom. The normalized spacial score (nSPS) is 19.7. The predicted molar refractivity (Wildman–Crippen MR) is 115 cm³/mol. The van der Waals surface area contributed by atoms with Crippen molar-refractivity contribution in [2.75, 3.05) is 18.5 Å². The minimum Gasteiger partial charge on any atom is -0.341 e. The number of nitrogens with zero attached hydrogens (tertiary/aromatic N) is 3. The fourth-order valence-electron chi connectivity index (χ4n) is 4.26. The van der Waals surface area contributed by atoms with Crippen molar-refractivity contribution >= 4 is 39.2 Å². The molecule has 0 bridgehead atoms. The summed E-state index contributed by atoms with van der Waals surface area (Å²) in [7, 11) is 0. The summed E-state index contributed by atoms with van der Waals surface area (Å²) in [5.74, 6) is 0.468. The Morgan fingerprint density at radius 3 is 2.76 bits per heavy atom. The Balaban J connectivity index is 1.45. The van der Waals surface area contributed by atoms with Crippen LogP contribution in [0.25, 0.3) is 10.2 Å². The third kappa shape index (κ3) is 4.08. The van der Waals surface area contributed by atoms with E-state index in [1.165, 1.54) is 23.3 Å². The van der Waals surface area contributed by atoms with Crippen LogP contribution in [-0.4, -0.2) is 39.8 Å². The summed E-state index contributed by atoms with van der Waals surface area (Å²) >= 11 is 1.73. The van der Waals surface area contributed by atoms with Gasteiger partial charge in [-0.1, -0.05) is 20.8 Å². The molecule has 2 aromatic rings. The van der Waals surface area contributed by atoms with Crippen molar-refractivity contribution in [1.29, 1.82) is 0 Å². The first-order valence-corrected chi connectivity index (χ1v) is 11.3. The number of amides is 2. The number of aryl methyl sites for hydroxylation is 2. The molecule has 2 aromatic heterocycles. The molecule has 2 aliphatic rings. The van der Waals surface area contributed by atoms with Gasteiger partial charge < -0.3 is 4.90 Å². The van der Waals surface area contributed by atoms with Gasteiger partial charge in [-0.15, -0.1) is 11.3 Å². The molecule has 0 aromatic carbocycles. The maximum atomic E-state index is 12.8. The van der Waals surface area contributed by atoms with Gasteiger partial charge in [0.15, 0.2) is 5.82 Å². The molecule has 1 unspecified atom stereocenters. The highest BCUT2D eigenvalue weighted by atomic mass is 32.1. The van der Waals surface area contributed by atoms with E-state index in [0.29, 0.717) is 12.4 Å². The largest absolute Gasteiger partial charge is 0.341 e. The average molecular weight is 416 g/mol. The van der Waals surface area contributed by atoms with E-state index in [0.717, 1.165) is 42.4 Å². The fraction of sp³-hybridized carbons (Fsp3) is 0.619. The molecule has 0 radical (unpaired) electrons. The number of piperidine rings is 1. The second-order valence-corrected chi connectivity index (χ2v) is 10.2. The highest BCUT2D eigenvalue weighted by Crippen LogP contribution is 2.37. The third-order valence-electron chi connectivity index (χ3n) is 5.78. The van der Waals surface area contributed by atoms with Gasteiger partial charge in [0.05, 0.1) is 11.3 Å². The van der Waals surface area contributed by atoms with Gasteiger partial charge >= 0.3 is 0 Å². The molecule has 2 N–H and O–H groups in total. The predicted octanol–water partition coefficient (Wildman–Crippen LogP) is 3.30. The van der Waals surface area contributed by atoms with E-state index in [1.54, 1.807) is 17.7 Å². The molecular formula is C21H29N5O2S. The molecule has 0 spiro atoms. The Hall–Kier alpha value is -2.22. The van der Waals surface area contributed by atoms with Crippen molar-refractivity contribution in [3.05, 3.63) is 16.8 Å². The minimum atomic E-state index is -0.429. The Bertz CT molecular complexity index is 933. The molecule has 0 saturated carbocycles. The Morgan fingerprint density at radius 1 is 1.17 bits per heavy atom. The number of fused-ring (bicyclic) bond motifs is 3. The molecule has 8 heteroatoms. The molecular weight excluding hydrogens is 386 g/mol. The van der Waals surface area contributed by atoms with E-state index in [-0.39, 0.29) is 17.7 Å². The number of hydrogen-bond acceptors (Lipinski definition) is 6. The smallest absolute Gasteiger partial charge is 0.243 e. The van der Waals surface area contributed by atoms with Crippen LogP contribution in [0.3, 0.4) is 0 Å². The highest BCUT2D eigenvalue weighted by molar-refractivity contribution is 7.19. The number of nitrogens with one attached hydrogen (secondary N) is 2. The van der Waals surface area contributed by atoms with Crippen molar-refractivity contribution in [1.82, 2.24) is 20.3 Å². The summed E-state index contributed by atoms with van der Waals surface area (Å²) in [4.78, 5) is 38.4. The Labute approximate surface area is 175 Å². The van der Waals surface area contributed by atoms with Crippen molar-refractivity contribution in [3.63, 3.8) is 0 Å². The van der Waals surface area contributed by atoms with Gasteiger partial charge in [-0.25, -0.2) is 9.97 Å². The number of rotatable bonds is 3. The van der Waals surface area contributed by atoms with Crippen LogP contribution < -0.4 is 10.9 Å². The monoisotopic (exact) mass is 415 g/mol. The molecule has 1 aliphatic heterocycles. The quantitative estimate of drug-likeness (QED) is 0.751. The lowest BCUT2D eigenvalue weighted by atomic mass is 9.91. The van der Waals surface area contributed by atoms with E-state index in [4.69, 9.17) is 0 Å². The zero-order chi connectivity index (χ0) is 20.6. The van der Waals surface area contributed by atoms with Crippen LogP contribution in [0.2, 0.25) is 0 Å². The van der Waals surface area contributed by atoms with E-state index < -0.39 is 5.41 Å². The van der Waals surface area contributed by atoms with Crippen molar-refractivity contribution in [2.45, 2.75) is 59.3 Å². The van der Waals surface area contributed by atoms with Gasteiger partial charge in [-0.3, -0.25) is 20.4 Å². The summed E-state index contributed by atoms with van der Waals surface area (Å²) in [5.41, 5.74) is 6.79. The molecule has 1 aliphatic carbocycles. The lowest BCUT2D eigenvalue weighted by Gasteiger charge is -2.35. The maximum absolute atomic E-state index is 12.8. The van der Waals surface area contributed by atoms with Crippen LogP contribution in [-0.2, 0) is 22.4 Å². The van der Waals surface area contributed by atoms with E-state index in [9.17, 15) is 9.59 Å². The molecule has 156 valence electrons. The van der Waals surface area contributed by atoms with Gasteiger partial charge in [0.25, 0.3) is 0 Å². The number of anilines is 1. The van der Waals surface area contributed by atoms with Gasteiger partial charge in [0.2, 0.25) is 11.8 Å². The van der Waals surface area contributed by atoms with Crippen LogP contribution >= 0.6 is 11.3 Å². The number of carbonyl (C=O) groups is 2. The van der Waals surface area contributed by atoms with Crippen molar-refractivity contribution < 1.29 is 9.59 Å². The number of hydrazine groups is 1. The van der Waals surface area contributed by atoms with Crippen molar-refractivity contribution in [2.24, 2.45) is 11.3 Å². The first-order valence-electron chi connectivity index (χ1n) is 10.4. The Kier molecular flexibility index (Phi) is 5.46. The van der Waals surface area contributed by atoms with Gasteiger partial charge in [0, 0.05) is 23.4 Å². The lowest BCUT2D eigenvalue weighted by Crippen LogP contribution is -2.49. The zero-order valence-electron chi connectivity index (χ0n) is 17.4. The van der Waals surface area contributed by atoms with Gasteiger partial charge in [-0.05, 0) is 44.1 Å². The first kappa shape index (κ1) is 20.1. The SMILES string of the molecule is CC(C)(C)C(=O)N1CCCC(C(=O)NNc2ncnc3sc4c(c23)CCCC4)C1. The molecule has 29 heavy (non-hydrogen) atoms. The van der Waals surface area contributed by atoms with E-state index in [1.807, 2.05) is 25.7 Å². The fourth-order valence-corrected chi connectivity index (χ4v) is 5.49. The number of thiophene rings is 1. The zero-order valence-corrected chi connectivity index (χ0v) is 18.2. The van der Waals surface area contributed by atoms with Gasteiger partial charge in [-0.2, -0.15) is 0 Å². The van der Waals surface area contributed by atoms with E-state index in [2.05, 4.69) is 20.8 Å². The lowest BCUT2D eigenvalue weighted by molar-refractivity contribution is -0.142. The molecule has 1 atom stereocenters. The minimum absolute atomic E-state index is 0.0905. The molecule has 1 fully saturated rings. The highest BCUT2D eigenvalue weighted by Gasteiger charge is 2.33. The van der Waals surface area contributed by atoms with Crippen LogP contribution in [0.15, 0.2) is 6.33 Å². The average Bonchev–Trinajstić information content (AvgIpc) is 3.10. The summed E-state index contributed by atoms with van der Waals surface area (Å²) in [6, 6.07) is 0. The number of carbonyl (C=O) groups excluding carboxylic acids is 2. The third-order valence-corrected chi connectivity index (χ3v) is 6.98. The number of aromatic nitrogens is 2. The van der Waals surface area contributed by atoms with Crippen LogP contribution in [0.1, 0.15) is 56.9 Å². The first-order chi connectivity index (χ1) is 13.8.